The number of nitrogens with two attached hydrogens (primary N) is 1. The summed E-state index contributed by atoms with van der Waals surface area (Å²) < 4.78 is 0. The second kappa shape index (κ2) is 3.72. The van der Waals surface area contributed by atoms with Crippen LogP contribution in [0.15, 0.2) is 41.8 Å². The molecule has 3 rings (SSSR count). The first-order valence-corrected chi connectivity index (χ1v) is 6.57. The minimum atomic E-state index is 0.323. The van der Waals surface area contributed by atoms with Crippen LogP contribution in [-0.2, 0) is 5.41 Å². The van der Waals surface area contributed by atoms with E-state index in [2.05, 4.69) is 41.8 Å². The summed E-state index contributed by atoms with van der Waals surface area (Å²) in [5.41, 5.74) is 8.93. The predicted octanol–water partition coefficient (Wildman–Crippen LogP) is 3.41. The third kappa shape index (κ3) is 1.58. The van der Waals surface area contributed by atoms with Crippen LogP contribution in [0.5, 0.6) is 0 Å². The zero-order valence-corrected chi connectivity index (χ0v) is 9.96. The van der Waals surface area contributed by atoms with Gasteiger partial charge in [0, 0.05) is 16.8 Å². The Kier molecular flexibility index (Phi) is 2.34. The van der Waals surface area contributed by atoms with E-state index in [-0.39, 0.29) is 0 Å². The summed E-state index contributed by atoms with van der Waals surface area (Å²) >= 11 is 1.83. The Labute approximate surface area is 99.9 Å². The zero-order chi connectivity index (χ0) is 11.0. The SMILES string of the molecule is NCC1(c2csc(-c3ccccc3)c2)CC1. The average molecular weight is 229 g/mol. The van der Waals surface area contributed by atoms with E-state index in [4.69, 9.17) is 5.73 Å². The van der Waals surface area contributed by atoms with Crippen molar-refractivity contribution >= 4 is 11.3 Å². The van der Waals surface area contributed by atoms with E-state index in [9.17, 15) is 0 Å². The second-order valence-electron chi connectivity index (χ2n) is 4.55. The van der Waals surface area contributed by atoms with Crippen LogP contribution >= 0.6 is 11.3 Å². The zero-order valence-electron chi connectivity index (χ0n) is 9.15. The van der Waals surface area contributed by atoms with Gasteiger partial charge in [-0.15, -0.1) is 11.3 Å². The molecule has 0 unspecified atom stereocenters. The molecule has 0 spiro atoms. The van der Waals surface area contributed by atoms with Gasteiger partial charge in [-0.3, -0.25) is 0 Å². The molecule has 1 aromatic heterocycles. The molecule has 0 saturated heterocycles. The van der Waals surface area contributed by atoms with E-state index < -0.39 is 0 Å². The van der Waals surface area contributed by atoms with Crippen LogP contribution in [0.25, 0.3) is 10.4 Å². The first-order chi connectivity index (χ1) is 7.84. The van der Waals surface area contributed by atoms with Crippen LogP contribution in [0, 0.1) is 0 Å². The highest BCUT2D eigenvalue weighted by atomic mass is 32.1. The molecule has 1 saturated carbocycles. The van der Waals surface area contributed by atoms with Crippen LogP contribution in [0.1, 0.15) is 18.4 Å². The minimum absolute atomic E-state index is 0.323. The van der Waals surface area contributed by atoms with Gasteiger partial charge in [-0.05, 0) is 35.4 Å². The molecule has 1 aromatic carbocycles. The van der Waals surface area contributed by atoms with Crippen molar-refractivity contribution in [3.8, 4) is 10.4 Å². The molecular formula is C14H15NS. The summed E-state index contributed by atoms with van der Waals surface area (Å²) in [5, 5.41) is 2.28. The van der Waals surface area contributed by atoms with Crippen LogP contribution in [0.3, 0.4) is 0 Å². The molecule has 82 valence electrons. The Bertz CT molecular complexity index is 482. The lowest BCUT2D eigenvalue weighted by Gasteiger charge is -2.08. The summed E-state index contributed by atoms with van der Waals surface area (Å²) in [6.45, 7) is 0.790. The lowest BCUT2D eigenvalue weighted by atomic mass is 9.98. The van der Waals surface area contributed by atoms with Crippen molar-refractivity contribution in [2.75, 3.05) is 6.54 Å². The third-order valence-electron chi connectivity index (χ3n) is 3.51. The number of hydrogen-bond donors (Lipinski definition) is 1. The molecule has 0 atom stereocenters. The molecule has 0 amide bonds. The van der Waals surface area contributed by atoms with Gasteiger partial charge in [-0.25, -0.2) is 0 Å². The Morgan fingerprint density at radius 1 is 1.19 bits per heavy atom. The summed E-state index contributed by atoms with van der Waals surface area (Å²) in [6.07, 6.45) is 2.52. The highest BCUT2D eigenvalue weighted by Gasteiger charge is 2.43. The van der Waals surface area contributed by atoms with Gasteiger partial charge in [0.25, 0.3) is 0 Å². The fourth-order valence-corrected chi connectivity index (χ4v) is 3.17. The van der Waals surface area contributed by atoms with Gasteiger partial charge in [0.15, 0.2) is 0 Å². The first-order valence-electron chi connectivity index (χ1n) is 5.69. The molecular weight excluding hydrogens is 214 g/mol. The monoisotopic (exact) mass is 229 g/mol. The van der Waals surface area contributed by atoms with Crippen LogP contribution in [0.2, 0.25) is 0 Å². The molecule has 0 bridgehead atoms. The van der Waals surface area contributed by atoms with E-state index >= 15 is 0 Å². The average Bonchev–Trinajstić information content (AvgIpc) is 3.00. The van der Waals surface area contributed by atoms with Gasteiger partial charge in [0.1, 0.15) is 0 Å². The van der Waals surface area contributed by atoms with E-state index in [0.717, 1.165) is 6.54 Å². The number of rotatable bonds is 3. The number of hydrogen-bond acceptors (Lipinski definition) is 2. The molecule has 1 nitrogen and oxygen atoms in total. The van der Waals surface area contributed by atoms with Crippen molar-refractivity contribution in [3.63, 3.8) is 0 Å². The van der Waals surface area contributed by atoms with Crippen molar-refractivity contribution in [3.05, 3.63) is 47.3 Å². The molecule has 2 N–H and O–H groups in total. The lowest BCUT2D eigenvalue weighted by Crippen LogP contribution is -2.18. The minimum Gasteiger partial charge on any atom is -0.330 e. The summed E-state index contributed by atoms with van der Waals surface area (Å²) in [4.78, 5) is 1.36. The van der Waals surface area contributed by atoms with Gasteiger partial charge >= 0.3 is 0 Å². The molecule has 2 aromatic rings. The van der Waals surface area contributed by atoms with Gasteiger partial charge < -0.3 is 5.73 Å². The van der Waals surface area contributed by atoms with Crippen LogP contribution < -0.4 is 5.73 Å². The maximum Gasteiger partial charge on any atom is 0.0345 e. The fourth-order valence-electron chi connectivity index (χ4n) is 2.13. The standard InChI is InChI=1S/C14H15NS/c15-10-14(6-7-14)12-8-13(16-9-12)11-4-2-1-3-5-11/h1-5,8-9H,6-7,10,15H2. The van der Waals surface area contributed by atoms with E-state index in [0.29, 0.717) is 5.41 Å². The second-order valence-corrected chi connectivity index (χ2v) is 5.46. The molecule has 1 aliphatic rings. The predicted molar refractivity (Wildman–Crippen MR) is 69.7 cm³/mol. The Balaban J connectivity index is 1.94. The van der Waals surface area contributed by atoms with Crippen molar-refractivity contribution in [1.29, 1.82) is 0 Å². The highest BCUT2D eigenvalue weighted by molar-refractivity contribution is 7.13. The normalized spacial score (nSPS) is 17.3. The maximum atomic E-state index is 5.85. The van der Waals surface area contributed by atoms with Crippen LogP contribution in [-0.4, -0.2) is 6.54 Å². The maximum absolute atomic E-state index is 5.85. The topological polar surface area (TPSA) is 26.0 Å². The smallest absolute Gasteiger partial charge is 0.0345 e. The third-order valence-corrected chi connectivity index (χ3v) is 4.49. The van der Waals surface area contributed by atoms with Gasteiger partial charge in [0.2, 0.25) is 0 Å². The largest absolute Gasteiger partial charge is 0.330 e. The fraction of sp³-hybridized carbons (Fsp3) is 0.286. The quantitative estimate of drug-likeness (QED) is 0.857. The highest BCUT2D eigenvalue weighted by Crippen LogP contribution is 2.49. The van der Waals surface area contributed by atoms with Gasteiger partial charge in [-0.2, -0.15) is 0 Å². The Morgan fingerprint density at radius 2 is 1.94 bits per heavy atom. The Morgan fingerprint density at radius 3 is 2.56 bits per heavy atom. The van der Waals surface area contributed by atoms with E-state index in [1.54, 1.807) is 0 Å². The molecule has 1 heterocycles. The molecule has 1 aliphatic carbocycles. The van der Waals surface area contributed by atoms with Crippen molar-refractivity contribution in [1.82, 2.24) is 0 Å². The van der Waals surface area contributed by atoms with E-state index in [1.165, 1.54) is 28.8 Å². The molecule has 1 fully saturated rings. The van der Waals surface area contributed by atoms with E-state index in [1.807, 2.05) is 11.3 Å². The summed E-state index contributed by atoms with van der Waals surface area (Å²) in [5.74, 6) is 0. The number of benzene rings is 1. The van der Waals surface area contributed by atoms with Crippen molar-refractivity contribution in [2.45, 2.75) is 18.3 Å². The number of thiophene rings is 1. The Hall–Kier alpha value is -1.12. The summed E-state index contributed by atoms with van der Waals surface area (Å²) in [6, 6.07) is 12.9. The van der Waals surface area contributed by atoms with Gasteiger partial charge in [0.05, 0.1) is 0 Å². The molecule has 16 heavy (non-hydrogen) atoms. The van der Waals surface area contributed by atoms with Crippen LogP contribution in [0.4, 0.5) is 0 Å². The van der Waals surface area contributed by atoms with Crippen molar-refractivity contribution in [2.24, 2.45) is 5.73 Å². The molecule has 2 heteroatoms. The van der Waals surface area contributed by atoms with Gasteiger partial charge in [-0.1, -0.05) is 30.3 Å². The van der Waals surface area contributed by atoms with Crippen molar-refractivity contribution < 1.29 is 0 Å². The molecule has 0 aliphatic heterocycles. The first kappa shape index (κ1) is 10.1. The lowest BCUT2D eigenvalue weighted by molar-refractivity contribution is 0.708. The summed E-state index contributed by atoms with van der Waals surface area (Å²) in [7, 11) is 0. The molecule has 0 radical (unpaired) electrons.